The predicted molar refractivity (Wildman–Crippen MR) is 78.3 cm³/mol. The zero-order chi connectivity index (χ0) is 14.5. The molecule has 0 aliphatic heterocycles. The molecule has 0 radical (unpaired) electrons. The number of carbonyl (C=O) groups is 1. The van der Waals surface area contributed by atoms with E-state index in [2.05, 4.69) is 22.1 Å². The van der Waals surface area contributed by atoms with Crippen LogP contribution in [0.25, 0.3) is 0 Å². The van der Waals surface area contributed by atoms with Gasteiger partial charge in [0, 0.05) is 29.6 Å². The molecule has 0 bridgehead atoms. The van der Waals surface area contributed by atoms with Gasteiger partial charge in [0.1, 0.15) is 5.15 Å². The molecule has 0 fully saturated rings. The summed E-state index contributed by atoms with van der Waals surface area (Å²) in [5, 5.41) is 3.15. The highest BCUT2D eigenvalue weighted by atomic mass is 35.5. The third kappa shape index (κ3) is 4.92. The second-order valence-electron chi connectivity index (χ2n) is 5.25. The van der Waals surface area contributed by atoms with Gasteiger partial charge in [0.2, 0.25) is 0 Å². The number of halogens is 1. The molecule has 1 amide bonds. The van der Waals surface area contributed by atoms with E-state index in [-0.39, 0.29) is 11.3 Å². The summed E-state index contributed by atoms with van der Waals surface area (Å²) in [6.45, 7) is 8.41. The number of amides is 1. The minimum atomic E-state index is -0.146. The van der Waals surface area contributed by atoms with E-state index in [0.717, 1.165) is 5.69 Å². The molecule has 4 heteroatoms. The van der Waals surface area contributed by atoms with Crippen molar-refractivity contribution in [3.63, 3.8) is 0 Å². The Kier molecular flexibility index (Phi) is 5.38. The largest absolute Gasteiger partial charge is 0.351 e. The molecule has 0 atom stereocenters. The summed E-state index contributed by atoms with van der Waals surface area (Å²) in [4.78, 5) is 16.3. The molecule has 0 saturated carbocycles. The van der Waals surface area contributed by atoms with Crippen LogP contribution in [0.15, 0.2) is 12.1 Å². The van der Waals surface area contributed by atoms with Crippen molar-refractivity contribution < 1.29 is 4.79 Å². The minimum Gasteiger partial charge on any atom is -0.351 e. The Morgan fingerprint density at radius 1 is 1.42 bits per heavy atom. The van der Waals surface area contributed by atoms with Crippen molar-refractivity contribution in [2.75, 3.05) is 6.54 Å². The van der Waals surface area contributed by atoms with Crippen LogP contribution in [-0.2, 0) is 5.41 Å². The van der Waals surface area contributed by atoms with E-state index in [0.29, 0.717) is 23.7 Å². The third-order valence-electron chi connectivity index (χ3n) is 2.54. The minimum absolute atomic E-state index is 0.145. The Morgan fingerprint density at radius 2 is 2.11 bits per heavy atom. The van der Waals surface area contributed by atoms with Gasteiger partial charge < -0.3 is 5.32 Å². The van der Waals surface area contributed by atoms with Crippen molar-refractivity contribution in [3.05, 3.63) is 28.5 Å². The second kappa shape index (κ2) is 6.58. The maximum absolute atomic E-state index is 12.0. The lowest BCUT2D eigenvalue weighted by atomic mass is 9.91. The number of carbonyl (C=O) groups excluding carboxylic acids is 1. The van der Waals surface area contributed by atoms with Crippen molar-refractivity contribution in [1.82, 2.24) is 10.3 Å². The molecule has 0 spiro atoms. The van der Waals surface area contributed by atoms with Crippen molar-refractivity contribution in [2.24, 2.45) is 0 Å². The van der Waals surface area contributed by atoms with Crippen LogP contribution >= 0.6 is 11.6 Å². The highest BCUT2D eigenvalue weighted by molar-refractivity contribution is 6.29. The van der Waals surface area contributed by atoms with E-state index in [1.165, 1.54) is 0 Å². The summed E-state index contributed by atoms with van der Waals surface area (Å²) in [7, 11) is 0. The first kappa shape index (κ1) is 15.5. The summed E-state index contributed by atoms with van der Waals surface area (Å²) in [6.07, 6.45) is 0.646. The SMILES string of the molecule is CC#CCCNC(=O)c1cc(Cl)nc(C(C)(C)C)c1. The smallest absolute Gasteiger partial charge is 0.251 e. The van der Waals surface area contributed by atoms with Crippen LogP contribution in [0.4, 0.5) is 0 Å². The summed E-state index contributed by atoms with van der Waals surface area (Å²) in [5.74, 6) is 5.54. The third-order valence-corrected chi connectivity index (χ3v) is 2.73. The van der Waals surface area contributed by atoms with Gasteiger partial charge in [0.15, 0.2) is 0 Å². The van der Waals surface area contributed by atoms with Crippen LogP contribution in [0.1, 0.15) is 50.2 Å². The van der Waals surface area contributed by atoms with E-state index in [4.69, 9.17) is 11.6 Å². The molecular weight excluding hydrogens is 260 g/mol. The molecule has 0 aliphatic carbocycles. The fourth-order valence-corrected chi connectivity index (χ4v) is 1.69. The predicted octanol–water partition coefficient (Wildman–Crippen LogP) is 3.18. The molecule has 0 unspecified atom stereocenters. The van der Waals surface area contributed by atoms with Gasteiger partial charge in [0.25, 0.3) is 5.91 Å². The van der Waals surface area contributed by atoms with Gasteiger partial charge in [-0.05, 0) is 19.1 Å². The first-order valence-electron chi connectivity index (χ1n) is 6.20. The number of pyridine rings is 1. The molecule has 1 aromatic rings. The summed E-state index contributed by atoms with van der Waals surface area (Å²) in [5.41, 5.74) is 1.20. The number of hydrogen-bond acceptors (Lipinski definition) is 2. The van der Waals surface area contributed by atoms with Crippen LogP contribution in [0.2, 0.25) is 5.15 Å². The topological polar surface area (TPSA) is 42.0 Å². The number of nitrogens with zero attached hydrogens (tertiary/aromatic N) is 1. The van der Waals surface area contributed by atoms with Gasteiger partial charge in [-0.2, -0.15) is 0 Å². The maximum Gasteiger partial charge on any atom is 0.251 e. The number of nitrogens with one attached hydrogen (secondary N) is 1. The normalized spacial score (nSPS) is 10.6. The number of rotatable bonds is 3. The van der Waals surface area contributed by atoms with Crippen LogP contribution in [-0.4, -0.2) is 17.4 Å². The van der Waals surface area contributed by atoms with E-state index in [1.807, 2.05) is 20.8 Å². The Morgan fingerprint density at radius 3 is 2.68 bits per heavy atom. The molecule has 102 valence electrons. The van der Waals surface area contributed by atoms with Crippen molar-refractivity contribution in [2.45, 2.75) is 39.5 Å². The molecule has 0 saturated heterocycles. The average molecular weight is 279 g/mol. The molecule has 0 aliphatic rings. The van der Waals surface area contributed by atoms with Crippen molar-refractivity contribution >= 4 is 17.5 Å². The monoisotopic (exact) mass is 278 g/mol. The lowest BCUT2D eigenvalue weighted by molar-refractivity contribution is 0.0954. The number of hydrogen-bond donors (Lipinski definition) is 1. The molecule has 1 heterocycles. The Bertz CT molecular complexity index is 521. The van der Waals surface area contributed by atoms with E-state index in [1.54, 1.807) is 19.1 Å². The van der Waals surface area contributed by atoms with Gasteiger partial charge in [0.05, 0.1) is 0 Å². The fraction of sp³-hybridized carbons (Fsp3) is 0.467. The Labute approximate surface area is 119 Å². The summed E-state index contributed by atoms with van der Waals surface area (Å²) >= 11 is 5.97. The first-order chi connectivity index (χ1) is 8.84. The van der Waals surface area contributed by atoms with Gasteiger partial charge in [-0.1, -0.05) is 32.4 Å². The molecule has 19 heavy (non-hydrogen) atoms. The Hall–Kier alpha value is -1.53. The first-order valence-corrected chi connectivity index (χ1v) is 6.58. The fourth-order valence-electron chi connectivity index (χ4n) is 1.48. The number of aromatic nitrogens is 1. The molecule has 3 nitrogen and oxygen atoms in total. The van der Waals surface area contributed by atoms with Crippen molar-refractivity contribution in [3.8, 4) is 11.8 Å². The van der Waals surface area contributed by atoms with E-state index in [9.17, 15) is 4.79 Å². The van der Waals surface area contributed by atoms with Gasteiger partial charge in [-0.25, -0.2) is 4.98 Å². The quantitative estimate of drug-likeness (QED) is 0.524. The van der Waals surface area contributed by atoms with Crippen LogP contribution < -0.4 is 5.32 Å². The zero-order valence-corrected chi connectivity index (χ0v) is 12.6. The van der Waals surface area contributed by atoms with E-state index >= 15 is 0 Å². The highest BCUT2D eigenvalue weighted by Crippen LogP contribution is 2.23. The second-order valence-corrected chi connectivity index (χ2v) is 5.63. The molecular formula is C15H19ClN2O. The summed E-state index contributed by atoms with van der Waals surface area (Å²) < 4.78 is 0. The van der Waals surface area contributed by atoms with Gasteiger partial charge in [-0.15, -0.1) is 11.8 Å². The van der Waals surface area contributed by atoms with Gasteiger partial charge in [-0.3, -0.25) is 4.79 Å². The maximum atomic E-state index is 12.0. The zero-order valence-electron chi connectivity index (χ0n) is 11.8. The molecule has 1 aromatic heterocycles. The van der Waals surface area contributed by atoms with Crippen molar-refractivity contribution in [1.29, 1.82) is 0 Å². The Balaban J connectivity index is 2.84. The molecule has 1 N–H and O–H groups in total. The highest BCUT2D eigenvalue weighted by Gasteiger charge is 2.18. The van der Waals surface area contributed by atoms with Gasteiger partial charge >= 0.3 is 0 Å². The standard InChI is InChI=1S/C15H19ClN2O/c1-5-6-7-8-17-14(19)11-9-12(15(2,3)4)18-13(16)10-11/h9-10H,7-8H2,1-4H3,(H,17,19). The van der Waals surface area contributed by atoms with Crippen LogP contribution in [0, 0.1) is 11.8 Å². The van der Waals surface area contributed by atoms with Crippen LogP contribution in [0.5, 0.6) is 0 Å². The van der Waals surface area contributed by atoms with Crippen LogP contribution in [0.3, 0.4) is 0 Å². The lowest BCUT2D eigenvalue weighted by Gasteiger charge is -2.18. The lowest BCUT2D eigenvalue weighted by Crippen LogP contribution is -2.25. The average Bonchev–Trinajstić information content (AvgIpc) is 2.32. The molecule has 1 rings (SSSR count). The van der Waals surface area contributed by atoms with E-state index < -0.39 is 0 Å². The molecule has 0 aromatic carbocycles. The summed E-state index contributed by atoms with van der Waals surface area (Å²) in [6, 6.07) is 3.37.